The zero-order chi connectivity index (χ0) is 22.4. The number of thiazole rings is 1. The summed E-state index contributed by atoms with van der Waals surface area (Å²) < 4.78 is 35.9. The van der Waals surface area contributed by atoms with Gasteiger partial charge in [0, 0.05) is 42.9 Å². The number of carbonyl (C=O) groups excluding carboxylic acids is 1. The Morgan fingerprint density at radius 1 is 1.25 bits per heavy atom. The quantitative estimate of drug-likeness (QED) is 0.597. The Labute approximate surface area is 186 Å². The fraction of sp³-hybridized carbons (Fsp3) is 0.333. The molecule has 0 bridgehead atoms. The molecular formula is C21H20F2N6O2S. The van der Waals surface area contributed by atoms with Gasteiger partial charge in [0.1, 0.15) is 18.0 Å². The maximum Gasteiger partial charge on any atom is 0.341 e. The molecule has 0 N–H and O–H groups in total. The molecule has 11 heteroatoms. The average Bonchev–Trinajstić information content (AvgIpc) is 3.46. The molecular weight excluding hydrogens is 438 g/mol. The molecule has 32 heavy (non-hydrogen) atoms. The highest BCUT2D eigenvalue weighted by atomic mass is 32.1. The van der Waals surface area contributed by atoms with E-state index < -0.39 is 17.7 Å². The second-order valence-corrected chi connectivity index (χ2v) is 8.78. The Morgan fingerprint density at radius 2 is 2.06 bits per heavy atom. The first-order valence-electron chi connectivity index (χ1n) is 10.1. The molecule has 2 amide bonds. The monoisotopic (exact) mass is 458 g/mol. The van der Waals surface area contributed by atoms with Gasteiger partial charge in [0.2, 0.25) is 0 Å². The first kappa shape index (κ1) is 20.6. The molecule has 2 aliphatic rings. The summed E-state index contributed by atoms with van der Waals surface area (Å²) in [7, 11) is 1.68. The lowest BCUT2D eigenvalue weighted by atomic mass is 10.1. The fourth-order valence-corrected chi connectivity index (χ4v) is 4.48. The Hall–Kier alpha value is -3.34. The van der Waals surface area contributed by atoms with Crippen LogP contribution in [0.15, 0.2) is 34.9 Å². The molecule has 1 aromatic carbocycles. The Morgan fingerprint density at radius 3 is 2.75 bits per heavy atom. The van der Waals surface area contributed by atoms with Gasteiger partial charge in [0.15, 0.2) is 11.6 Å². The highest BCUT2D eigenvalue weighted by Gasteiger charge is 2.39. The number of carbonyl (C=O) groups is 1. The standard InChI is InChI=1S/C21H20F2N6O2S/c1-12-26-17(11-32-12)19-4-6-25-29(19)21(30)28-9-13(10-28)31-20-7-14(15(22)8-16(20)23)18-3-5-24-27(18)2/h3,5-8,11,13,19H,4,9-10H2,1-2H3. The van der Waals surface area contributed by atoms with Gasteiger partial charge in [-0.3, -0.25) is 4.68 Å². The minimum absolute atomic E-state index is 0.0604. The first-order chi connectivity index (χ1) is 15.4. The second-order valence-electron chi connectivity index (χ2n) is 7.72. The van der Waals surface area contributed by atoms with Crippen molar-refractivity contribution in [1.29, 1.82) is 0 Å². The van der Waals surface area contributed by atoms with Crippen LogP contribution in [0.1, 0.15) is 23.2 Å². The van der Waals surface area contributed by atoms with Crippen LogP contribution in [0.4, 0.5) is 13.6 Å². The minimum atomic E-state index is -0.790. The largest absolute Gasteiger partial charge is 0.484 e. The van der Waals surface area contributed by atoms with Crippen molar-refractivity contribution in [2.24, 2.45) is 12.1 Å². The Balaban J connectivity index is 1.25. The Bertz CT molecular complexity index is 1200. The van der Waals surface area contributed by atoms with Crippen LogP contribution >= 0.6 is 11.3 Å². The molecule has 1 atom stereocenters. The molecule has 2 aromatic heterocycles. The number of urea groups is 1. The van der Waals surface area contributed by atoms with Crippen LogP contribution in [-0.2, 0) is 7.05 Å². The van der Waals surface area contributed by atoms with Gasteiger partial charge in [-0.1, -0.05) is 0 Å². The first-order valence-corrected chi connectivity index (χ1v) is 11.0. The van der Waals surface area contributed by atoms with Crippen LogP contribution in [0.25, 0.3) is 11.3 Å². The van der Waals surface area contributed by atoms with E-state index in [1.54, 1.807) is 24.2 Å². The summed E-state index contributed by atoms with van der Waals surface area (Å²) in [6.07, 6.45) is 3.46. The van der Waals surface area contributed by atoms with Crippen LogP contribution in [0.3, 0.4) is 0 Å². The maximum absolute atomic E-state index is 14.3. The van der Waals surface area contributed by atoms with E-state index in [0.717, 1.165) is 16.8 Å². The lowest BCUT2D eigenvalue weighted by Crippen LogP contribution is -2.58. The molecule has 0 radical (unpaired) electrons. The highest BCUT2D eigenvalue weighted by molar-refractivity contribution is 7.09. The molecule has 5 rings (SSSR count). The zero-order valence-corrected chi connectivity index (χ0v) is 18.2. The van der Waals surface area contributed by atoms with E-state index in [2.05, 4.69) is 15.2 Å². The van der Waals surface area contributed by atoms with Crippen LogP contribution in [-0.4, -0.2) is 56.1 Å². The van der Waals surface area contributed by atoms with E-state index in [1.807, 2.05) is 12.3 Å². The minimum Gasteiger partial charge on any atom is -0.484 e. The van der Waals surface area contributed by atoms with Crippen LogP contribution in [0.5, 0.6) is 5.75 Å². The van der Waals surface area contributed by atoms with Crippen molar-refractivity contribution in [3.05, 3.63) is 52.1 Å². The molecule has 0 spiro atoms. The summed E-state index contributed by atoms with van der Waals surface area (Å²) in [6.45, 7) is 2.48. The van der Waals surface area contributed by atoms with Gasteiger partial charge in [0.05, 0.1) is 29.5 Å². The van der Waals surface area contributed by atoms with Crippen LogP contribution < -0.4 is 4.74 Å². The van der Waals surface area contributed by atoms with E-state index in [0.29, 0.717) is 12.1 Å². The lowest BCUT2D eigenvalue weighted by Gasteiger charge is -2.40. The molecule has 1 saturated heterocycles. The average molecular weight is 458 g/mol. The molecule has 1 fully saturated rings. The number of halogens is 2. The number of aromatic nitrogens is 3. The molecule has 8 nitrogen and oxygen atoms in total. The summed E-state index contributed by atoms with van der Waals surface area (Å²) in [4.78, 5) is 19.0. The number of aryl methyl sites for hydroxylation is 2. The lowest BCUT2D eigenvalue weighted by molar-refractivity contribution is 0.0255. The van der Waals surface area contributed by atoms with Gasteiger partial charge < -0.3 is 9.64 Å². The summed E-state index contributed by atoms with van der Waals surface area (Å²) in [6, 6.07) is 3.31. The normalized spacial score (nSPS) is 18.3. The molecule has 166 valence electrons. The van der Waals surface area contributed by atoms with Crippen molar-refractivity contribution in [1.82, 2.24) is 24.7 Å². The third-order valence-electron chi connectivity index (χ3n) is 5.53. The van der Waals surface area contributed by atoms with E-state index in [-0.39, 0.29) is 36.5 Å². The number of hydrogen-bond acceptors (Lipinski definition) is 6. The van der Waals surface area contributed by atoms with E-state index in [4.69, 9.17) is 4.74 Å². The van der Waals surface area contributed by atoms with Gasteiger partial charge in [-0.15, -0.1) is 11.3 Å². The molecule has 1 unspecified atom stereocenters. The third-order valence-corrected chi connectivity index (χ3v) is 6.33. The van der Waals surface area contributed by atoms with E-state index in [1.165, 1.54) is 33.3 Å². The molecule has 0 saturated carbocycles. The molecule has 4 heterocycles. The van der Waals surface area contributed by atoms with Crippen molar-refractivity contribution in [2.75, 3.05) is 13.1 Å². The number of benzene rings is 1. The van der Waals surface area contributed by atoms with Crippen LogP contribution in [0, 0.1) is 18.6 Å². The summed E-state index contributed by atoms with van der Waals surface area (Å²) in [5, 5.41) is 12.5. The number of hydrogen-bond donors (Lipinski definition) is 0. The van der Waals surface area contributed by atoms with Gasteiger partial charge in [0.25, 0.3) is 0 Å². The predicted octanol–water partition coefficient (Wildman–Crippen LogP) is 3.75. The SMILES string of the molecule is Cc1nc(C2CC=NN2C(=O)N2CC(Oc3cc(-c4ccnn4C)c(F)cc3F)C2)cs1. The van der Waals surface area contributed by atoms with Gasteiger partial charge in [-0.05, 0) is 19.1 Å². The van der Waals surface area contributed by atoms with Crippen LogP contribution in [0.2, 0.25) is 0 Å². The summed E-state index contributed by atoms with van der Waals surface area (Å²) >= 11 is 1.53. The number of hydrazone groups is 1. The number of likely N-dealkylation sites (tertiary alicyclic amines) is 1. The van der Waals surface area contributed by atoms with Gasteiger partial charge in [-0.25, -0.2) is 23.6 Å². The van der Waals surface area contributed by atoms with Crippen molar-refractivity contribution in [3.63, 3.8) is 0 Å². The maximum atomic E-state index is 14.3. The van der Waals surface area contributed by atoms with E-state index >= 15 is 0 Å². The second kappa shape index (κ2) is 7.97. The number of amides is 2. The predicted molar refractivity (Wildman–Crippen MR) is 114 cm³/mol. The highest BCUT2D eigenvalue weighted by Crippen LogP contribution is 2.33. The molecule has 3 aromatic rings. The van der Waals surface area contributed by atoms with Gasteiger partial charge in [-0.2, -0.15) is 10.2 Å². The number of nitrogens with zero attached hydrogens (tertiary/aromatic N) is 6. The number of ether oxygens (including phenoxy) is 1. The molecule has 0 aliphatic carbocycles. The zero-order valence-electron chi connectivity index (χ0n) is 17.4. The van der Waals surface area contributed by atoms with Crippen molar-refractivity contribution in [2.45, 2.75) is 25.5 Å². The fourth-order valence-electron chi connectivity index (χ4n) is 3.82. The third kappa shape index (κ3) is 3.62. The van der Waals surface area contributed by atoms with Gasteiger partial charge >= 0.3 is 6.03 Å². The van der Waals surface area contributed by atoms with Crippen molar-refractivity contribution >= 4 is 23.6 Å². The van der Waals surface area contributed by atoms with E-state index in [9.17, 15) is 13.6 Å². The summed E-state index contributed by atoms with van der Waals surface area (Å²) in [5.74, 6) is -1.55. The Kier molecular flexibility index (Phi) is 5.12. The summed E-state index contributed by atoms with van der Waals surface area (Å²) in [5.41, 5.74) is 1.53. The van der Waals surface area contributed by atoms with Crippen molar-refractivity contribution < 1.29 is 18.3 Å². The van der Waals surface area contributed by atoms with Crippen molar-refractivity contribution in [3.8, 4) is 17.0 Å². The topological polar surface area (TPSA) is 75.8 Å². The number of rotatable bonds is 4. The molecule has 2 aliphatic heterocycles. The smallest absolute Gasteiger partial charge is 0.341 e.